The fourth-order valence-electron chi connectivity index (χ4n) is 3.83. The average molecular weight is 505 g/mol. The van der Waals surface area contributed by atoms with E-state index in [1.807, 2.05) is 6.07 Å². The number of halogens is 1. The highest BCUT2D eigenvalue weighted by Crippen LogP contribution is 2.35. The van der Waals surface area contributed by atoms with Gasteiger partial charge in [-0.15, -0.1) is 0 Å². The largest absolute Gasteiger partial charge is 0.497 e. The average Bonchev–Trinajstić information content (AvgIpc) is 3.24. The zero-order valence-electron chi connectivity index (χ0n) is 20.5. The number of nitrogens with one attached hydrogen (secondary N) is 1. The number of nitrogens with zero attached hydrogens (tertiary/aromatic N) is 3. The van der Waals surface area contributed by atoms with Crippen LogP contribution in [0.15, 0.2) is 77.7 Å². The third-order valence-corrected chi connectivity index (χ3v) is 5.66. The summed E-state index contributed by atoms with van der Waals surface area (Å²) in [4.78, 5) is 30.2. The van der Waals surface area contributed by atoms with Gasteiger partial charge in [-0.05, 0) is 35.9 Å². The summed E-state index contributed by atoms with van der Waals surface area (Å²) in [6.45, 7) is 0.228. The lowest BCUT2D eigenvalue weighted by Gasteiger charge is -2.18. The summed E-state index contributed by atoms with van der Waals surface area (Å²) in [6.07, 6.45) is 2.98. The van der Waals surface area contributed by atoms with Gasteiger partial charge in [-0.25, -0.2) is 4.39 Å². The van der Waals surface area contributed by atoms with Gasteiger partial charge in [0.25, 0.3) is 5.91 Å². The standard InChI is InChI=1S/C27H25FN4O5/c1-35-18-10-11-19(20(28)13-18)26(30-16-17-7-6-12-29-15-17)25-21(14-24(33)37-3)31-32(27(25)34)22-8-4-5-9-23(22)36-2/h4-13,15,30H,14,16H2,1-3H3/b26-25+. The van der Waals surface area contributed by atoms with Crippen molar-refractivity contribution in [3.05, 3.63) is 89.5 Å². The van der Waals surface area contributed by atoms with Crippen LogP contribution in [0.4, 0.5) is 10.1 Å². The van der Waals surface area contributed by atoms with Crippen LogP contribution < -0.4 is 19.8 Å². The van der Waals surface area contributed by atoms with Gasteiger partial charge in [0.05, 0.1) is 44.7 Å². The van der Waals surface area contributed by atoms with Crippen molar-refractivity contribution >= 4 is 29.0 Å². The highest BCUT2D eigenvalue weighted by molar-refractivity contribution is 6.36. The van der Waals surface area contributed by atoms with Gasteiger partial charge in [0, 0.05) is 30.6 Å². The fraction of sp³-hybridized carbons (Fsp3) is 0.185. The molecule has 2 heterocycles. The number of rotatable bonds is 9. The number of carbonyl (C=O) groups is 2. The minimum atomic E-state index is -0.624. The number of aromatic nitrogens is 1. The zero-order chi connectivity index (χ0) is 26.4. The van der Waals surface area contributed by atoms with E-state index in [9.17, 15) is 9.59 Å². The molecule has 1 aliphatic heterocycles. The highest BCUT2D eigenvalue weighted by Gasteiger charge is 2.37. The molecule has 0 saturated heterocycles. The van der Waals surface area contributed by atoms with Crippen molar-refractivity contribution < 1.29 is 28.2 Å². The topological polar surface area (TPSA) is 102 Å². The highest BCUT2D eigenvalue weighted by atomic mass is 19.1. The van der Waals surface area contributed by atoms with Crippen molar-refractivity contribution in [2.45, 2.75) is 13.0 Å². The Labute approximate surface area is 213 Å². The number of amides is 1. The summed E-state index contributed by atoms with van der Waals surface area (Å²) in [5.74, 6) is -1.07. The molecule has 1 amide bonds. The van der Waals surface area contributed by atoms with E-state index >= 15 is 4.39 Å². The molecule has 37 heavy (non-hydrogen) atoms. The molecule has 1 aromatic heterocycles. The minimum absolute atomic E-state index is 0.0317. The molecule has 10 heteroatoms. The lowest BCUT2D eigenvalue weighted by atomic mass is 9.99. The SMILES string of the molecule is COC(=O)CC1=NN(c2ccccc2OC)C(=O)/C1=C(/NCc1cccnc1)c1ccc(OC)cc1F. The lowest BCUT2D eigenvalue weighted by Crippen LogP contribution is -2.26. The number of anilines is 1. The van der Waals surface area contributed by atoms with Gasteiger partial charge in [0.2, 0.25) is 0 Å². The van der Waals surface area contributed by atoms with Gasteiger partial charge < -0.3 is 19.5 Å². The third kappa shape index (κ3) is 5.43. The molecule has 0 aliphatic carbocycles. The number of hydrogen-bond acceptors (Lipinski definition) is 8. The Morgan fingerprint density at radius 2 is 1.86 bits per heavy atom. The van der Waals surface area contributed by atoms with Crippen LogP contribution in [0.2, 0.25) is 0 Å². The maximum absolute atomic E-state index is 15.3. The molecule has 0 fully saturated rings. The minimum Gasteiger partial charge on any atom is -0.497 e. The second-order valence-electron chi connectivity index (χ2n) is 7.90. The monoisotopic (exact) mass is 504 g/mol. The Morgan fingerprint density at radius 1 is 1.05 bits per heavy atom. The van der Waals surface area contributed by atoms with Gasteiger partial charge in [-0.3, -0.25) is 14.6 Å². The van der Waals surface area contributed by atoms with Gasteiger partial charge in [0.15, 0.2) is 0 Å². The van der Waals surface area contributed by atoms with Crippen molar-refractivity contribution in [1.82, 2.24) is 10.3 Å². The van der Waals surface area contributed by atoms with Crippen molar-refractivity contribution in [1.29, 1.82) is 0 Å². The molecule has 1 N–H and O–H groups in total. The van der Waals surface area contributed by atoms with Crippen LogP contribution in [0.25, 0.3) is 5.70 Å². The number of para-hydroxylation sites is 2. The van der Waals surface area contributed by atoms with E-state index in [2.05, 4.69) is 15.4 Å². The molecule has 1 aliphatic rings. The van der Waals surface area contributed by atoms with Gasteiger partial charge in [-0.1, -0.05) is 18.2 Å². The number of pyridine rings is 1. The number of ether oxygens (including phenoxy) is 3. The summed E-state index contributed by atoms with van der Waals surface area (Å²) in [6, 6.07) is 14.7. The van der Waals surface area contributed by atoms with E-state index in [1.165, 1.54) is 33.5 Å². The first kappa shape index (κ1) is 25.4. The van der Waals surface area contributed by atoms with E-state index in [1.54, 1.807) is 48.8 Å². The summed E-state index contributed by atoms with van der Waals surface area (Å²) in [5, 5.41) is 8.75. The summed E-state index contributed by atoms with van der Waals surface area (Å²) < 4.78 is 30.7. The van der Waals surface area contributed by atoms with Crippen LogP contribution in [0.1, 0.15) is 17.5 Å². The molecule has 0 atom stereocenters. The van der Waals surface area contributed by atoms with Crippen molar-refractivity contribution in [3.8, 4) is 11.5 Å². The Morgan fingerprint density at radius 3 is 2.54 bits per heavy atom. The zero-order valence-corrected chi connectivity index (χ0v) is 20.5. The summed E-state index contributed by atoms with van der Waals surface area (Å²) >= 11 is 0. The van der Waals surface area contributed by atoms with E-state index in [0.717, 1.165) is 10.6 Å². The Bertz CT molecular complexity index is 1370. The predicted octanol–water partition coefficient (Wildman–Crippen LogP) is 3.70. The molecule has 0 saturated carbocycles. The number of hydrogen-bond donors (Lipinski definition) is 1. The second-order valence-corrected chi connectivity index (χ2v) is 7.90. The normalized spacial score (nSPS) is 14.2. The summed E-state index contributed by atoms with van der Waals surface area (Å²) in [7, 11) is 4.15. The number of methoxy groups -OCH3 is 3. The van der Waals surface area contributed by atoms with E-state index in [4.69, 9.17) is 14.2 Å². The van der Waals surface area contributed by atoms with Crippen molar-refractivity contribution in [2.24, 2.45) is 5.10 Å². The molecule has 0 unspecified atom stereocenters. The van der Waals surface area contributed by atoms with Crippen LogP contribution in [-0.4, -0.2) is 43.9 Å². The number of benzene rings is 2. The number of esters is 1. The smallest absolute Gasteiger partial charge is 0.311 e. The molecule has 0 radical (unpaired) electrons. The van der Waals surface area contributed by atoms with Crippen LogP contribution in [0.5, 0.6) is 11.5 Å². The molecular weight excluding hydrogens is 479 g/mol. The first-order valence-corrected chi connectivity index (χ1v) is 11.3. The van der Waals surface area contributed by atoms with Gasteiger partial charge in [0.1, 0.15) is 23.0 Å². The van der Waals surface area contributed by atoms with Crippen LogP contribution in [-0.2, 0) is 20.9 Å². The van der Waals surface area contributed by atoms with Gasteiger partial charge >= 0.3 is 5.97 Å². The van der Waals surface area contributed by atoms with E-state index < -0.39 is 17.7 Å². The lowest BCUT2D eigenvalue weighted by molar-refractivity contribution is -0.139. The predicted molar refractivity (Wildman–Crippen MR) is 135 cm³/mol. The molecule has 2 aromatic carbocycles. The third-order valence-electron chi connectivity index (χ3n) is 5.66. The Hall–Kier alpha value is -4.73. The molecule has 4 rings (SSSR count). The Balaban J connectivity index is 1.89. The quantitative estimate of drug-likeness (QED) is 0.350. The first-order valence-electron chi connectivity index (χ1n) is 11.3. The first-order chi connectivity index (χ1) is 18.0. The van der Waals surface area contributed by atoms with Crippen molar-refractivity contribution in [2.75, 3.05) is 26.3 Å². The van der Waals surface area contributed by atoms with Crippen LogP contribution in [0.3, 0.4) is 0 Å². The maximum Gasteiger partial charge on any atom is 0.311 e. The maximum atomic E-state index is 15.3. The summed E-state index contributed by atoms with van der Waals surface area (Å²) in [5.41, 5.74) is 1.58. The number of hydrazone groups is 1. The van der Waals surface area contributed by atoms with Crippen LogP contribution >= 0.6 is 0 Å². The molecular formula is C27H25FN4O5. The number of carbonyl (C=O) groups excluding carboxylic acids is 2. The molecule has 0 spiro atoms. The van der Waals surface area contributed by atoms with Crippen molar-refractivity contribution in [3.63, 3.8) is 0 Å². The Kier molecular flexibility index (Phi) is 7.77. The van der Waals surface area contributed by atoms with Gasteiger partial charge in [-0.2, -0.15) is 10.1 Å². The fourth-order valence-corrected chi connectivity index (χ4v) is 3.83. The molecule has 9 nitrogen and oxygen atoms in total. The molecule has 0 bridgehead atoms. The van der Waals surface area contributed by atoms with E-state index in [-0.39, 0.29) is 35.5 Å². The second kappa shape index (κ2) is 11.3. The molecule has 190 valence electrons. The van der Waals surface area contributed by atoms with E-state index in [0.29, 0.717) is 17.2 Å². The molecule has 3 aromatic rings. The van der Waals surface area contributed by atoms with Crippen LogP contribution in [0, 0.1) is 5.82 Å².